The van der Waals surface area contributed by atoms with Gasteiger partial charge in [-0.15, -0.1) is 0 Å². The topological polar surface area (TPSA) is 178 Å². The zero-order valence-corrected chi connectivity index (χ0v) is 25.7. The SMILES string of the molecule is C=C(C)C(=O)OCC(C)OC(=O)NCC1(C)CCC(C)(C)CC1NC(=O)OC(CC=C(C)C(=O)O)CC=C(C)C(=O)O. The molecule has 1 rings (SSSR count). The molecule has 0 aliphatic heterocycles. The minimum Gasteiger partial charge on any atom is -0.478 e. The molecule has 1 saturated carbocycles. The van der Waals surface area contributed by atoms with Gasteiger partial charge in [-0.05, 0) is 52.4 Å². The summed E-state index contributed by atoms with van der Waals surface area (Å²) in [5.74, 6) is -2.79. The highest BCUT2D eigenvalue weighted by atomic mass is 16.6. The van der Waals surface area contributed by atoms with E-state index in [4.69, 9.17) is 24.4 Å². The van der Waals surface area contributed by atoms with Crippen LogP contribution in [0, 0.1) is 10.8 Å². The van der Waals surface area contributed by atoms with Gasteiger partial charge in [-0.25, -0.2) is 24.0 Å². The summed E-state index contributed by atoms with van der Waals surface area (Å²) in [6, 6.07) is -0.392. The smallest absolute Gasteiger partial charge is 0.407 e. The Labute approximate surface area is 247 Å². The van der Waals surface area contributed by atoms with Crippen molar-refractivity contribution in [3.05, 3.63) is 35.5 Å². The van der Waals surface area contributed by atoms with E-state index in [0.717, 1.165) is 6.42 Å². The van der Waals surface area contributed by atoms with Crippen LogP contribution in [0.1, 0.15) is 80.6 Å². The van der Waals surface area contributed by atoms with Crippen LogP contribution in [-0.2, 0) is 28.6 Å². The number of alkyl carbamates (subject to hydrolysis) is 2. The Balaban J connectivity index is 2.93. The van der Waals surface area contributed by atoms with Gasteiger partial charge in [-0.2, -0.15) is 0 Å². The molecule has 0 aromatic heterocycles. The highest BCUT2D eigenvalue weighted by molar-refractivity contribution is 5.87. The van der Waals surface area contributed by atoms with Crippen LogP contribution >= 0.6 is 0 Å². The Kier molecular flexibility index (Phi) is 13.8. The molecular formula is C30H46N2O10. The monoisotopic (exact) mass is 594 g/mol. The summed E-state index contributed by atoms with van der Waals surface area (Å²) in [6.45, 7) is 15.6. The molecule has 1 fully saturated rings. The molecule has 0 aromatic carbocycles. The van der Waals surface area contributed by atoms with Gasteiger partial charge in [0, 0.05) is 47.6 Å². The number of rotatable bonds is 14. The molecule has 0 heterocycles. The predicted octanol–water partition coefficient (Wildman–Crippen LogP) is 4.74. The lowest BCUT2D eigenvalue weighted by atomic mass is 9.63. The first-order valence-corrected chi connectivity index (χ1v) is 13.9. The van der Waals surface area contributed by atoms with Crippen LogP contribution < -0.4 is 10.6 Å². The second-order valence-electron chi connectivity index (χ2n) is 12.1. The van der Waals surface area contributed by atoms with Crippen molar-refractivity contribution < 1.29 is 48.4 Å². The molecule has 0 radical (unpaired) electrons. The van der Waals surface area contributed by atoms with Gasteiger partial charge in [-0.3, -0.25) is 0 Å². The lowest BCUT2D eigenvalue weighted by Gasteiger charge is -2.47. The number of carbonyl (C=O) groups is 5. The van der Waals surface area contributed by atoms with E-state index in [0.29, 0.717) is 12.8 Å². The van der Waals surface area contributed by atoms with E-state index in [1.807, 2.05) is 6.92 Å². The average molecular weight is 595 g/mol. The van der Waals surface area contributed by atoms with Crippen LogP contribution in [0.2, 0.25) is 0 Å². The fourth-order valence-corrected chi connectivity index (χ4v) is 4.30. The summed E-state index contributed by atoms with van der Waals surface area (Å²) >= 11 is 0. The number of hydrogen-bond acceptors (Lipinski definition) is 8. The van der Waals surface area contributed by atoms with Crippen molar-refractivity contribution in [3.63, 3.8) is 0 Å². The molecule has 3 unspecified atom stereocenters. The minimum absolute atomic E-state index is 0.0748. The Bertz CT molecular complexity index is 1060. The van der Waals surface area contributed by atoms with Crippen molar-refractivity contribution >= 4 is 30.1 Å². The Morgan fingerprint density at radius 3 is 1.98 bits per heavy atom. The van der Waals surface area contributed by atoms with Crippen molar-refractivity contribution in [2.45, 2.75) is 98.8 Å². The number of esters is 1. The first-order valence-electron chi connectivity index (χ1n) is 13.9. The fourth-order valence-electron chi connectivity index (χ4n) is 4.30. The average Bonchev–Trinajstić information content (AvgIpc) is 2.89. The number of amides is 2. The van der Waals surface area contributed by atoms with Gasteiger partial charge in [0.1, 0.15) is 18.8 Å². The maximum atomic E-state index is 13.1. The molecule has 3 atom stereocenters. The maximum absolute atomic E-state index is 13.1. The molecule has 42 heavy (non-hydrogen) atoms. The Morgan fingerprint density at radius 1 is 0.929 bits per heavy atom. The molecular weight excluding hydrogens is 548 g/mol. The summed E-state index contributed by atoms with van der Waals surface area (Å²) in [5, 5.41) is 24.0. The quantitative estimate of drug-likeness (QED) is 0.125. The molecule has 0 saturated heterocycles. The minimum atomic E-state index is -1.11. The van der Waals surface area contributed by atoms with Crippen molar-refractivity contribution in [1.29, 1.82) is 0 Å². The normalized spacial score (nSPS) is 21.7. The van der Waals surface area contributed by atoms with Crippen molar-refractivity contribution in [2.75, 3.05) is 13.2 Å². The summed E-state index contributed by atoms with van der Waals surface area (Å²) in [7, 11) is 0. The third kappa shape index (κ3) is 12.8. The van der Waals surface area contributed by atoms with E-state index in [-0.39, 0.29) is 48.1 Å². The largest absolute Gasteiger partial charge is 0.478 e. The Hall–Kier alpha value is -3.83. The number of aliphatic carboxylic acids is 2. The van der Waals surface area contributed by atoms with Crippen LogP contribution in [-0.4, -0.2) is 71.7 Å². The molecule has 4 N–H and O–H groups in total. The summed E-state index contributed by atoms with van der Waals surface area (Å²) in [5.41, 5.74) is -0.265. The highest BCUT2D eigenvalue weighted by Crippen LogP contribution is 2.44. The molecule has 12 nitrogen and oxygen atoms in total. The lowest BCUT2D eigenvalue weighted by Crippen LogP contribution is -2.56. The number of hydrogen-bond donors (Lipinski definition) is 4. The fraction of sp³-hybridized carbons (Fsp3) is 0.633. The van der Waals surface area contributed by atoms with Gasteiger partial charge in [0.05, 0.1) is 0 Å². The van der Waals surface area contributed by atoms with Gasteiger partial charge < -0.3 is 35.1 Å². The molecule has 0 bridgehead atoms. The highest BCUT2D eigenvalue weighted by Gasteiger charge is 2.44. The van der Waals surface area contributed by atoms with E-state index in [1.54, 1.807) is 6.92 Å². The third-order valence-electron chi connectivity index (χ3n) is 7.33. The lowest BCUT2D eigenvalue weighted by molar-refractivity contribution is -0.141. The maximum Gasteiger partial charge on any atom is 0.407 e. The zero-order chi connectivity index (χ0) is 32.3. The molecule has 236 valence electrons. The molecule has 0 aromatic rings. The Morgan fingerprint density at radius 2 is 1.48 bits per heavy atom. The van der Waals surface area contributed by atoms with Crippen molar-refractivity contribution in [1.82, 2.24) is 10.6 Å². The molecule has 1 aliphatic rings. The molecule has 12 heteroatoms. The number of carboxylic acids is 2. The second-order valence-corrected chi connectivity index (χ2v) is 12.1. The van der Waals surface area contributed by atoms with Gasteiger partial charge >= 0.3 is 30.1 Å². The van der Waals surface area contributed by atoms with Crippen molar-refractivity contribution in [2.24, 2.45) is 10.8 Å². The second kappa shape index (κ2) is 16.0. The number of carboxylic acid groups (broad SMARTS) is 2. The van der Waals surface area contributed by atoms with Crippen molar-refractivity contribution in [3.8, 4) is 0 Å². The summed E-state index contributed by atoms with van der Waals surface area (Å²) in [4.78, 5) is 59.5. The first kappa shape index (κ1) is 36.2. The predicted molar refractivity (Wildman–Crippen MR) is 155 cm³/mol. The van der Waals surface area contributed by atoms with E-state index in [9.17, 15) is 24.0 Å². The summed E-state index contributed by atoms with van der Waals surface area (Å²) in [6.07, 6.45) is 2.23. The van der Waals surface area contributed by atoms with Crippen LogP contribution in [0.4, 0.5) is 9.59 Å². The first-order chi connectivity index (χ1) is 19.3. The molecule has 1 aliphatic carbocycles. The van der Waals surface area contributed by atoms with Gasteiger partial charge in [-0.1, -0.05) is 39.5 Å². The standard InChI is InChI=1S/C30H46N2O10/c1-18(2)26(37)40-16-21(5)41-27(38)31-17-30(8)14-13-29(6,7)15-23(30)32-28(39)42-22(11-9-19(3)24(33)34)12-10-20(4)25(35)36/h9-10,21-23H,1,11-17H2,2-8H3,(H,31,38)(H,32,39)(H,33,34)(H,35,36). The van der Waals surface area contributed by atoms with Gasteiger partial charge in [0.25, 0.3) is 0 Å². The van der Waals surface area contributed by atoms with E-state index in [2.05, 4.69) is 31.1 Å². The van der Waals surface area contributed by atoms with E-state index >= 15 is 0 Å². The summed E-state index contributed by atoms with van der Waals surface area (Å²) < 4.78 is 15.9. The third-order valence-corrected chi connectivity index (χ3v) is 7.33. The van der Waals surface area contributed by atoms with Crippen LogP contribution in [0.3, 0.4) is 0 Å². The molecule has 2 amide bonds. The van der Waals surface area contributed by atoms with Gasteiger partial charge in [0.2, 0.25) is 0 Å². The zero-order valence-electron chi connectivity index (χ0n) is 25.7. The van der Waals surface area contributed by atoms with E-state index < -0.39 is 53.8 Å². The number of nitrogens with one attached hydrogen (secondary N) is 2. The molecule has 0 spiro atoms. The van der Waals surface area contributed by atoms with Gasteiger partial charge in [0.15, 0.2) is 0 Å². The van der Waals surface area contributed by atoms with Crippen LogP contribution in [0.5, 0.6) is 0 Å². The number of ether oxygens (including phenoxy) is 3. The van der Waals surface area contributed by atoms with Crippen LogP contribution in [0.15, 0.2) is 35.5 Å². The van der Waals surface area contributed by atoms with E-state index in [1.165, 1.54) is 32.9 Å². The number of carbonyl (C=O) groups excluding carboxylic acids is 3. The van der Waals surface area contributed by atoms with Crippen LogP contribution in [0.25, 0.3) is 0 Å².